The second-order valence-electron chi connectivity index (χ2n) is 6.76. The van der Waals surface area contributed by atoms with Gasteiger partial charge in [0.2, 0.25) is 0 Å². The van der Waals surface area contributed by atoms with Crippen molar-refractivity contribution in [2.45, 2.75) is 12.5 Å². The lowest BCUT2D eigenvalue weighted by Gasteiger charge is -2.44. The van der Waals surface area contributed by atoms with Gasteiger partial charge in [0, 0.05) is 36.1 Å². The minimum atomic E-state index is 0.0507. The first-order chi connectivity index (χ1) is 10.7. The monoisotopic (exact) mass is 316 g/mol. The van der Waals surface area contributed by atoms with E-state index in [0.29, 0.717) is 28.6 Å². The topological polar surface area (TPSA) is 52.2 Å². The number of amides is 1. The lowest BCUT2D eigenvalue weighted by atomic mass is 9.80. The lowest BCUT2D eigenvalue weighted by Crippen LogP contribution is -2.54. The van der Waals surface area contributed by atoms with Gasteiger partial charge in [-0.1, -0.05) is 11.6 Å². The van der Waals surface area contributed by atoms with Crippen LogP contribution in [0.25, 0.3) is 10.9 Å². The van der Waals surface area contributed by atoms with E-state index in [0.717, 1.165) is 30.5 Å². The molecule has 22 heavy (non-hydrogen) atoms. The zero-order valence-corrected chi connectivity index (χ0v) is 12.9. The highest BCUT2D eigenvalue weighted by atomic mass is 35.5. The summed E-state index contributed by atoms with van der Waals surface area (Å²) in [5.41, 5.74) is 1.37. The lowest BCUT2D eigenvalue weighted by molar-refractivity contribution is 0.0420. The van der Waals surface area contributed by atoms with Gasteiger partial charge in [-0.05, 0) is 43.0 Å². The van der Waals surface area contributed by atoms with Crippen molar-refractivity contribution in [1.29, 1.82) is 0 Å². The van der Waals surface area contributed by atoms with Gasteiger partial charge in [-0.15, -0.1) is 0 Å². The number of fused-ring (bicyclic) bond motifs is 2. The predicted molar refractivity (Wildman–Crippen MR) is 84.0 cm³/mol. The molecule has 1 N–H and O–H groups in total. The molecule has 4 aliphatic heterocycles. The summed E-state index contributed by atoms with van der Waals surface area (Å²) in [6.45, 7) is 4.24. The Morgan fingerprint density at radius 3 is 3.05 bits per heavy atom. The third-order valence-corrected chi connectivity index (χ3v) is 5.87. The number of carbonyl (C=O) groups is 1. The first kappa shape index (κ1) is 12.9. The third-order valence-electron chi connectivity index (χ3n) is 5.64. The number of rotatable bonds is 1. The molecule has 0 spiro atoms. The number of likely N-dealkylation sites (tertiary alicyclic amines) is 1. The number of H-pyrrole nitrogens is 1. The summed E-state index contributed by atoms with van der Waals surface area (Å²) in [4.78, 5) is 17.6. The molecule has 114 valence electrons. The van der Waals surface area contributed by atoms with Crippen molar-refractivity contribution in [3.05, 3.63) is 28.9 Å². The fraction of sp³-hybridized carbons (Fsp3) is 0.500. The molecule has 5 nitrogen and oxygen atoms in total. The number of benzene rings is 1. The molecule has 0 unspecified atom stereocenters. The van der Waals surface area contributed by atoms with Gasteiger partial charge in [-0.2, -0.15) is 5.10 Å². The maximum Gasteiger partial charge on any atom is 0.275 e. The number of hydrogen-bond donors (Lipinski definition) is 1. The number of piperidine rings is 3. The molecule has 4 fully saturated rings. The second-order valence-corrected chi connectivity index (χ2v) is 7.20. The van der Waals surface area contributed by atoms with Crippen LogP contribution in [-0.2, 0) is 0 Å². The van der Waals surface area contributed by atoms with Crippen LogP contribution in [0, 0.1) is 11.8 Å². The molecular weight excluding hydrogens is 300 g/mol. The molecule has 1 amide bonds. The molecule has 1 aromatic heterocycles. The van der Waals surface area contributed by atoms with E-state index in [-0.39, 0.29) is 5.91 Å². The van der Waals surface area contributed by atoms with E-state index in [2.05, 4.69) is 20.0 Å². The summed E-state index contributed by atoms with van der Waals surface area (Å²) in [5, 5.41) is 8.67. The van der Waals surface area contributed by atoms with Crippen LogP contribution in [-0.4, -0.2) is 58.1 Å². The largest absolute Gasteiger partial charge is 0.332 e. The van der Waals surface area contributed by atoms with Crippen molar-refractivity contribution in [3.63, 3.8) is 0 Å². The van der Waals surface area contributed by atoms with Gasteiger partial charge in [0.05, 0.1) is 5.52 Å². The summed E-state index contributed by atoms with van der Waals surface area (Å²) >= 11 is 6.08. The van der Waals surface area contributed by atoms with E-state index in [1.54, 1.807) is 0 Å². The molecule has 6 heteroatoms. The molecule has 4 atom stereocenters. The molecule has 4 saturated heterocycles. The van der Waals surface area contributed by atoms with E-state index in [1.807, 2.05) is 18.2 Å². The van der Waals surface area contributed by atoms with Crippen LogP contribution in [0.5, 0.6) is 0 Å². The first-order valence-electron chi connectivity index (χ1n) is 7.87. The zero-order valence-electron chi connectivity index (χ0n) is 12.1. The molecule has 0 aliphatic carbocycles. The van der Waals surface area contributed by atoms with Gasteiger partial charge < -0.3 is 9.80 Å². The van der Waals surface area contributed by atoms with Crippen LogP contribution in [0.3, 0.4) is 0 Å². The Bertz CT molecular complexity index is 773. The number of hydrogen-bond acceptors (Lipinski definition) is 3. The Hall–Kier alpha value is -1.59. The van der Waals surface area contributed by atoms with Crippen molar-refractivity contribution in [3.8, 4) is 0 Å². The van der Waals surface area contributed by atoms with Gasteiger partial charge in [0.1, 0.15) is 0 Å². The molecule has 4 bridgehead atoms. The predicted octanol–water partition coefficient (Wildman–Crippen LogP) is 1.99. The molecule has 4 aliphatic rings. The van der Waals surface area contributed by atoms with Crippen LogP contribution in [0.4, 0.5) is 0 Å². The quantitative estimate of drug-likeness (QED) is 0.875. The minimum Gasteiger partial charge on any atom is -0.332 e. The van der Waals surface area contributed by atoms with E-state index in [1.165, 1.54) is 13.0 Å². The molecule has 0 radical (unpaired) electrons. The van der Waals surface area contributed by atoms with Crippen molar-refractivity contribution in [2.75, 3.05) is 26.2 Å². The number of aromatic amines is 1. The van der Waals surface area contributed by atoms with E-state index < -0.39 is 0 Å². The first-order valence-corrected chi connectivity index (χ1v) is 8.25. The molecule has 0 saturated carbocycles. The van der Waals surface area contributed by atoms with Crippen LogP contribution in [0.1, 0.15) is 16.9 Å². The highest BCUT2D eigenvalue weighted by Crippen LogP contribution is 2.42. The van der Waals surface area contributed by atoms with E-state index in [9.17, 15) is 4.79 Å². The highest BCUT2D eigenvalue weighted by Gasteiger charge is 2.51. The van der Waals surface area contributed by atoms with E-state index >= 15 is 0 Å². The summed E-state index contributed by atoms with van der Waals surface area (Å²) < 4.78 is 0. The van der Waals surface area contributed by atoms with Crippen LogP contribution in [0.2, 0.25) is 5.02 Å². The van der Waals surface area contributed by atoms with Crippen LogP contribution >= 0.6 is 11.6 Å². The normalized spacial score (nSPS) is 32.9. The smallest absolute Gasteiger partial charge is 0.275 e. The van der Waals surface area contributed by atoms with Gasteiger partial charge in [0.15, 0.2) is 5.69 Å². The van der Waals surface area contributed by atoms with Gasteiger partial charge in [-0.25, -0.2) is 0 Å². The average molecular weight is 317 g/mol. The summed E-state index contributed by atoms with van der Waals surface area (Å²) in [5.74, 6) is 1.38. The maximum absolute atomic E-state index is 13.0. The van der Waals surface area contributed by atoms with E-state index in [4.69, 9.17) is 11.6 Å². The molecule has 5 heterocycles. The molecular formula is C16H17ClN4O. The molecule has 6 rings (SSSR count). The van der Waals surface area contributed by atoms with Crippen LogP contribution < -0.4 is 0 Å². The Kier molecular flexibility index (Phi) is 2.62. The minimum absolute atomic E-state index is 0.0507. The Labute approximate surface area is 133 Å². The number of nitrogens with one attached hydrogen (secondary N) is 1. The van der Waals surface area contributed by atoms with Crippen molar-refractivity contribution in [1.82, 2.24) is 20.0 Å². The summed E-state index contributed by atoms with van der Waals surface area (Å²) in [7, 11) is 0. The SMILES string of the molecule is O=C(c1n[nH]c2ccc(Cl)cc12)N1C[C@H]2C[N@]3CC[C@H]2[C@H]1C3. The second kappa shape index (κ2) is 4.46. The van der Waals surface area contributed by atoms with Crippen molar-refractivity contribution in [2.24, 2.45) is 11.8 Å². The Morgan fingerprint density at radius 2 is 2.23 bits per heavy atom. The van der Waals surface area contributed by atoms with Gasteiger partial charge >= 0.3 is 0 Å². The number of carbonyl (C=O) groups excluding carboxylic acids is 1. The fourth-order valence-corrected chi connectivity index (χ4v) is 4.80. The zero-order chi connectivity index (χ0) is 14.8. The van der Waals surface area contributed by atoms with Gasteiger partial charge in [0.25, 0.3) is 5.91 Å². The standard InChI is InChI=1S/C16H17ClN4O/c17-10-1-2-13-12(5-10)15(19-18-13)16(22)21-7-9-6-20-4-3-11(9)14(21)8-20/h1-2,5,9,11,14H,3-4,6-8H2,(H,18,19)/t9-,11-,14-/m1/s1. The van der Waals surface area contributed by atoms with Crippen molar-refractivity contribution >= 4 is 28.4 Å². The number of nitrogens with zero attached hydrogens (tertiary/aromatic N) is 3. The molecule has 1 aromatic carbocycles. The van der Waals surface area contributed by atoms with Crippen LogP contribution in [0.15, 0.2) is 18.2 Å². The highest BCUT2D eigenvalue weighted by molar-refractivity contribution is 6.31. The van der Waals surface area contributed by atoms with Gasteiger partial charge in [-0.3, -0.25) is 9.89 Å². The maximum atomic E-state index is 13.0. The average Bonchev–Trinajstić information content (AvgIpc) is 3.06. The Morgan fingerprint density at radius 1 is 1.32 bits per heavy atom. The third kappa shape index (κ3) is 1.69. The number of aromatic nitrogens is 2. The Balaban J connectivity index is 1.53. The summed E-state index contributed by atoms with van der Waals surface area (Å²) in [6.07, 6.45) is 1.23. The molecule has 2 aromatic rings. The summed E-state index contributed by atoms with van der Waals surface area (Å²) in [6, 6.07) is 5.87. The number of halogens is 1. The fourth-order valence-electron chi connectivity index (χ4n) is 4.63. The van der Waals surface area contributed by atoms with Crippen molar-refractivity contribution < 1.29 is 4.79 Å².